The Morgan fingerprint density at radius 3 is 2.77 bits per heavy atom. The Bertz CT molecular complexity index is 1260. The molecule has 2 aromatic heterocycles. The van der Waals surface area contributed by atoms with Gasteiger partial charge in [0.05, 0.1) is 4.91 Å². The van der Waals surface area contributed by atoms with Gasteiger partial charge < -0.3 is 9.88 Å². The van der Waals surface area contributed by atoms with Gasteiger partial charge in [-0.1, -0.05) is 48.2 Å². The zero-order chi connectivity index (χ0) is 22.1. The lowest BCUT2D eigenvalue weighted by molar-refractivity contribution is -0.138. The molecule has 1 aliphatic rings. The molecule has 1 aliphatic heterocycles. The fraction of sp³-hybridized carbons (Fsp3) is 0.182. The number of pyridine rings is 1. The molecule has 0 radical (unpaired) electrons. The standard InChI is InChI=1S/C22H19N3O3S3/c1-13(25-21(28)18(31-22(25)29)11-15-6-5-9-30-15)20(27)24(2)12-14-10-19(26)23-17-8-4-3-7-16(14)17/h3-11,13H,12H2,1-2H3,(H,23,26)/b18-11+/t13-/m1/s1. The fourth-order valence-corrected chi connectivity index (χ4v) is 5.63. The minimum absolute atomic E-state index is 0.224. The number of nitrogens with zero attached hydrogens (tertiary/aromatic N) is 2. The molecule has 0 unspecified atom stereocenters. The maximum absolute atomic E-state index is 13.1. The van der Waals surface area contributed by atoms with Crippen molar-refractivity contribution < 1.29 is 9.59 Å². The van der Waals surface area contributed by atoms with Crippen molar-refractivity contribution in [1.29, 1.82) is 0 Å². The van der Waals surface area contributed by atoms with Gasteiger partial charge in [0.2, 0.25) is 11.5 Å². The topological polar surface area (TPSA) is 73.5 Å². The van der Waals surface area contributed by atoms with E-state index in [-0.39, 0.29) is 23.9 Å². The minimum atomic E-state index is -0.750. The van der Waals surface area contributed by atoms with Gasteiger partial charge >= 0.3 is 0 Å². The third-order valence-electron chi connectivity index (χ3n) is 5.00. The number of likely N-dealkylation sites (N-methyl/N-ethyl adjacent to an activating group) is 1. The predicted molar refractivity (Wildman–Crippen MR) is 130 cm³/mol. The minimum Gasteiger partial charge on any atom is -0.340 e. The van der Waals surface area contributed by atoms with Crippen molar-refractivity contribution >= 4 is 68.4 Å². The van der Waals surface area contributed by atoms with E-state index in [0.717, 1.165) is 21.3 Å². The summed E-state index contributed by atoms with van der Waals surface area (Å²) in [6.07, 6.45) is 1.80. The summed E-state index contributed by atoms with van der Waals surface area (Å²) >= 11 is 8.13. The Kier molecular flexibility index (Phi) is 6.08. The van der Waals surface area contributed by atoms with Gasteiger partial charge in [-0.15, -0.1) is 11.3 Å². The molecular formula is C22H19N3O3S3. The Morgan fingerprint density at radius 1 is 1.26 bits per heavy atom. The number of H-pyrrole nitrogens is 1. The van der Waals surface area contributed by atoms with E-state index in [0.29, 0.717) is 9.23 Å². The van der Waals surface area contributed by atoms with Crippen LogP contribution in [0.3, 0.4) is 0 Å². The summed E-state index contributed by atoms with van der Waals surface area (Å²) in [4.78, 5) is 45.2. The maximum Gasteiger partial charge on any atom is 0.266 e. The van der Waals surface area contributed by atoms with E-state index in [2.05, 4.69) is 4.98 Å². The molecule has 1 N–H and O–H groups in total. The molecule has 1 fully saturated rings. The first kappa shape index (κ1) is 21.5. The van der Waals surface area contributed by atoms with Gasteiger partial charge in [0.1, 0.15) is 10.4 Å². The molecule has 2 amide bonds. The smallest absolute Gasteiger partial charge is 0.266 e. The summed E-state index contributed by atoms with van der Waals surface area (Å²) in [6, 6.07) is 12.0. The third kappa shape index (κ3) is 4.34. The molecule has 3 heterocycles. The molecule has 4 rings (SSSR count). The van der Waals surface area contributed by atoms with Crippen molar-refractivity contribution in [2.24, 2.45) is 0 Å². The normalized spacial score (nSPS) is 16.3. The molecule has 158 valence electrons. The van der Waals surface area contributed by atoms with Crippen LogP contribution in [0.15, 0.2) is 57.5 Å². The second-order valence-electron chi connectivity index (χ2n) is 7.14. The van der Waals surface area contributed by atoms with Crippen LogP contribution >= 0.6 is 35.3 Å². The number of rotatable bonds is 5. The Labute approximate surface area is 192 Å². The lowest BCUT2D eigenvalue weighted by atomic mass is 10.1. The Hall–Kier alpha value is -2.75. The number of aromatic amines is 1. The lowest BCUT2D eigenvalue weighted by Crippen LogP contribution is -2.47. The van der Waals surface area contributed by atoms with Crippen LogP contribution in [0.2, 0.25) is 0 Å². The molecule has 1 aromatic carbocycles. The highest BCUT2D eigenvalue weighted by Crippen LogP contribution is 2.35. The molecular weight excluding hydrogens is 450 g/mol. The van der Waals surface area contributed by atoms with E-state index < -0.39 is 6.04 Å². The number of para-hydroxylation sites is 1. The van der Waals surface area contributed by atoms with Gasteiger partial charge in [-0.2, -0.15) is 0 Å². The van der Waals surface area contributed by atoms with Crippen molar-refractivity contribution in [3.8, 4) is 0 Å². The quantitative estimate of drug-likeness (QED) is 0.454. The monoisotopic (exact) mass is 469 g/mol. The number of fused-ring (bicyclic) bond motifs is 1. The summed E-state index contributed by atoms with van der Waals surface area (Å²) in [5.74, 6) is -0.516. The van der Waals surface area contributed by atoms with Crippen LogP contribution in [0.5, 0.6) is 0 Å². The van der Waals surface area contributed by atoms with Crippen LogP contribution in [-0.4, -0.2) is 44.0 Å². The molecule has 9 heteroatoms. The second-order valence-corrected chi connectivity index (χ2v) is 9.80. The van der Waals surface area contributed by atoms with Crippen LogP contribution < -0.4 is 5.56 Å². The molecule has 6 nitrogen and oxygen atoms in total. The lowest BCUT2D eigenvalue weighted by Gasteiger charge is -2.27. The largest absolute Gasteiger partial charge is 0.340 e. The first-order valence-corrected chi connectivity index (χ1v) is 11.6. The van der Waals surface area contributed by atoms with E-state index >= 15 is 0 Å². The van der Waals surface area contributed by atoms with Gasteiger partial charge in [0, 0.05) is 35.4 Å². The predicted octanol–water partition coefficient (Wildman–Crippen LogP) is 3.84. The number of nitrogens with one attached hydrogen (secondary N) is 1. The molecule has 0 aliphatic carbocycles. The highest BCUT2D eigenvalue weighted by molar-refractivity contribution is 8.26. The summed E-state index contributed by atoms with van der Waals surface area (Å²) in [7, 11) is 1.66. The van der Waals surface area contributed by atoms with Gasteiger partial charge in [0.25, 0.3) is 5.91 Å². The van der Waals surface area contributed by atoms with Crippen LogP contribution in [0.25, 0.3) is 17.0 Å². The average Bonchev–Trinajstić information content (AvgIpc) is 3.34. The zero-order valence-electron chi connectivity index (χ0n) is 16.8. The fourth-order valence-electron chi connectivity index (χ4n) is 3.49. The highest BCUT2D eigenvalue weighted by Gasteiger charge is 2.39. The summed E-state index contributed by atoms with van der Waals surface area (Å²) in [6.45, 7) is 1.92. The number of thiocarbonyl (C=S) groups is 1. The van der Waals surface area contributed by atoms with Crippen molar-refractivity contribution in [1.82, 2.24) is 14.8 Å². The number of thioether (sulfide) groups is 1. The number of benzene rings is 1. The molecule has 0 saturated carbocycles. The van der Waals surface area contributed by atoms with E-state index in [1.54, 1.807) is 20.0 Å². The number of amides is 2. The van der Waals surface area contributed by atoms with Gasteiger partial charge in [-0.05, 0) is 36.1 Å². The number of carbonyl (C=O) groups excluding carboxylic acids is 2. The molecule has 31 heavy (non-hydrogen) atoms. The Morgan fingerprint density at radius 2 is 2.03 bits per heavy atom. The van der Waals surface area contributed by atoms with Crippen molar-refractivity contribution in [2.75, 3.05) is 7.05 Å². The van der Waals surface area contributed by atoms with E-state index in [1.807, 2.05) is 41.8 Å². The molecule has 0 bridgehead atoms. The SMILES string of the molecule is C[C@H](C(=O)N(C)Cc1cc(=O)[nH]c2ccccc12)N1C(=O)/C(=C\c2cccs2)SC1=S. The zero-order valence-corrected chi connectivity index (χ0v) is 19.3. The Balaban J connectivity index is 1.54. The number of carbonyl (C=O) groups is 2. The van der Waals surface area contributed by atoms with E-state index in [1.165, 1.54) is 39.0 Å². The summed E-state index contributed by atoms with van der Waals surface area (Å²) in [5.41, 5.74) is 1.23. The maximum atomic E-state index is 13.1. The van der Waals surface area contributed by atoms with Crippen molar-refractivity contribution in [3.63, 3.8) is 0 Å². The number of aromatic nitrogens is 1. The number of hydrogen-bond acceptors (Lipinski definition) is 6. The van der Waals surface area contributed by atoms with Gasteiger partial charge in [-0.25, -0.2) is 0 Å². The van der Waals surface area contributed by atoms with Crippen LogP contribution in [-0.2, 0) is 16.1 Å². The molecule has 3 aromatic rings. The second kappa shape index (κ2) is 8.78. The van der Waals surface area contributed by atoms with Crippen molar-refractivity contribution in [3.05, 3.63) is 73.5 Å². The van der Waals surface area contributed by atoms with Crippen LogP contribution in [0.1, 0.15) is 17.4 Å². The first-order chi connectivity index (χ1) is 14.8. The van der Waals surface area contributed by atoms with Crippen LogP contribution in [0, 0.1) is 0 Å². The number of thiophene rings is 1. The summed E-state index contributed by atoms with van der Waals surface area (Å²) < 4.78 is 0.365. The van der Waals surface area contributed by atoms with Crippen molar-refractivity contribution in [2.45, 2.75) is 19.5 Å². The highest BCUT2D eigenvalue weighted by atomic mass is 32.2. The van der Waals surface area contributed by atoms with Crippen LogP contribution in [0.4, 0.5) is 0 Å². The van der Waals surface area contributed by atoms with E-state index in [9.17, 15) is 14.4 Å². The molecule has 0 spiro atoms. The number of hydrogen-bond donors (Lipinski definition) is 1. The average molecular weight is 470 g/mol. The molecule has 1 saturated heterocycles. The first-order valence-electron chi connectivity index (χ1n) is 9.51. The summed E-state index contributed by atoms with van der Waals surface area (Å²) in [5, 5.41) is 2.81. The van der Waals surface area contributed by atoms with Gasteiger partial charge in [-0.3, -0.25) is 19.3 Å². The van der Waals surface area contributed by atoms with Gasteiger partial charge in [0.15, 0.2) is 0 Å². The van der Waals surface area contributed by atoms with E-state index in [4.69, 9.17) is 12.2 Å². The molecule has 1 atom stereocenters. The third-order valence-corrected chi connectivity index (χ3v) is 7.15.